The van der Waals surface area contributed by atoms with Gasteiger partial charge in [0.1, 0.15) is 17.5 Å². The van der Waals surface area contributed by atoms with Gasteiger partial charge in [-0.15, -0.1) is 0 Å². The Hall–Kier alpha value is -3.94. The average Bonchev–Trinajstić information content (AvgIpc) is 3.37. The molecule has 4 aromatic carbocycles. The topological polar surface area (TPSA) is 78.9 Å². The number of fused-ring (bicyclic) bond motifs is 1. The number of nitrogens with one attached hydrogen (secondary N) is 1. The zero-order chi connectivity index (χ0) is 30.1. The summed E-state index contributed by atoms with van der Waals surface area (Å²) < 4.78 is 18.9. The van der Waals surface area contributed by atoms with Gasteiger partial charge in [-0.3, -0.25) is 18.9 Å². The molecule has 43 heavy (non-hydrogen) atoms. The second-order valence-corrected chi connectivity index (χ2v) is 11.9. The average molecular weight is 601 g/mol. The Morgan fingerprint density at radius 3 is 2.56 bits per heavy atom. The van der Waals surface area contributed by atoms with Gasteiger partial charge in [-0.25, -0.2) is 0 Å². The van der Waals surface area contributed by atoms with E-state index in [1.165, 1.54) is 0 Å². The van der Waals surface area contributed by atoms with Crippen molar-refractivity contribution in [3.63, 3.8) is 0 Å². The molecule has 0 saturated carbocycles. The fourth-order valence-corrected chi connectivity index (χ4v) is 6.59. The minimum atomic E-state index is -0.864. The highest BCUT2D eigenvalue weighted by Crippen LogP contribution is 2.43. The van der Waals surface area contributed by atoms with Crippen LogP contribution < -0.4 is 20.9 Å². The fourth-order valence-electron chi connectivity index (χ4n) is 6.24. The molecule has 0 spiro atoms. The van der Waals surface area contributed by atoms with Crippen molar-refractivity contribution in [2.45, 2.75) is 45.1 Å². The van der Waals surface area contributed by atoms with Gasteiger partial charge in [-0.05, 0) is 108 Å². The van der Waals surface area contributed by atoms with Crippen LogP contribution in [0.4, 0.5) is 15.8 Å². The molecule has 1 heterocycles. The first-order valence-electron chi connectivity index (χ1n) is 14.8. The van der Waals surface area contributed by atoms with E-state index >= 15 is 0 Å². The summed E-state index contributed by atoms with van der Waals surface area (Å²) in [5.41, 5.74) is 6.55. The number of aromatic hydroxyl groups is 1. The van der Waals surface area contributed by atoms with E-state index in [1.54, 1.807) is 0 Å². The zero-order valence-corrected chi connectivity index (χ0v) is 24.8. The second-order valence-electron chi connectivity index (χ2n) is 11.5. The number of anilines is 2. The number of halogens is 2. The number of likely N-dealkylation sites (tertiary alicyclic amines) is 1. The van der Waals surface area contributed by atoms with Crippen molar-refractivity contribution in [1.29, 1.82) is 0 Å². The number of hydrogen-bond donors (Lipinski definition) is 2. The van der Waals surface area contributed by atoms with Gasteiger partial charge in [-0.2, -0.15) is 0 Å². The number of hydrogen-bond acceptors (Lipinski definition) is 6. The maximum absolute atomic E-state index is 12.6. The zero-order valence-electron chi connectivity index (χ0n) is 24.1. The molecular formula is C35H34ClFN2O4. The standard InChI is InChI=1S/C35H34ClFN2O4/c1-21-6-12-28(30(36)18-21)29-5-2-4-23-19-24(38-32-33(40)35(42)34(32)41)9-13-27(23)31(29)22-7-10-25(11-8-22)43-26-14-17-39(20-26)16-3-15-37/h6-13,18-19,26,38,40H,2-5,14-17,20H2,1H3/t26-/m0/s1. The molecule has 0 bridgehead atoms. The van der Waals surface area contributed by atoms with Crippen molar-refractivity contribution in [2.75, 3.05) is 31.6 Å². The smallest absolute Gasteiger partial charge is 0.271 e. The third kappa shape index (κ3) is 5.97. The minimum Gasteiger partial charge on any atom is -0.502 e. The van der Waals surface area contributed by atoms with E-state index in [0.717, 1.165) is 90.0 Å². The molecule has 6 rings (SSSR count). The van der Waals surface area contributed by atoms with Crippen molar-refractivity contribution in [3.8, 4) is 11.5 Å². The van der Waals surface area contributed by atoms with Crippen molar-refractivity contribution < 1.29 is 14.2 Å². The molecule has 2 aliphatic rings. The summed E-state index contributed by atoms with van der Waals surface area (Å²) in [5.74, 6) is 0.280. The summed E-state index contributed by atoms with van der Waals surface area (Å²) in [6.07, 6.45) is 4.09. The predicted molar refractivity (Wildman–Crippen MR) is 170 cm³/mol. The lowest BCUT2D eigenvalue weighted by molar-refractivity contribution is 0.198. The van der Waals surface area contributed by atoms with Crippen LogP contribution in [0.5, 0.6) is 11.5 Å². The SMILES string of the molecule is Cc1ccc(C2=C(c3ccc(O[C@H]4CCN(CCCF)C4)cc3)c3ccc(Nc4c(O)c(=O)c4=O)cc3CCC2)c(Cl)c1. The number of allylic oxidation sites excluding steroid dienone is 1. The molecule has 1 atom stereocenters. The normalized spacial score (nSPS) is 17.2. The molecule has 1 aliphatic carbocycles. The van der Waals surface area contributed by atoms with Crippen LogP contribution in [0.3, 0.4) is 0 Å². The van der Waals surface area contributed by atoms with Crippen LogP contribution in [0.15, 0.2) is 70.3 Å². The molecule has 222 valence electrons. The third-order valence-electron chi connectivity index (χ3n) is 8.44. The summed E-state index contributed by atoms with van der Waals surface area (Å²) in [5, 5.41) is 13.5. The lowest BCUT2D eigenvalue weighted by Gasteiger charge is -2.20. The number of nitrogens with zero attached hydrogens (tertiary/aromatic N) is 1. The van der Waals surface area contributed by atoms with Crippen molar-refractivity contribution in [2.24, 2.45) is 0 Å². The van der Waals surface area contributed by atoms with Crippen LogP contribution in [0.2, 0.25) is 5.02 Å². The van der Waals surface area contributed by atoms with Gasteiger partial charge in [0.2, 0.25) is 0 Å². The molecular weight excluding hydrogens is 567 g/mol. The molecule has 1 saturated heterocycles. The van der Waals surface area contributed by atoms with Gasteiger partial charge in [-0.1, -0.05) is 41.9 Å². The van der Waals surface area contributed by atoms with Crippen molar-refractivity contribution >= 4 is 34.1 Å². The molecule has 4 aromatic rings. The van der Waals surface area contributed by atoms with E-state index in [2.05, 4.69) is 34.5 Å². The van der Waals surface area contributed by atoms with Crippen LogP contribution in [0.1, 0.15) is 53.5 Å². The largest absolute Gasteiger partial charge is 0.502 e. The number of benzene rings is 3. The van der Waals surface area contributed by atoms with Crippen LogP contribution in [-0.4, -0.2) is 42.4 Å². The molecule has 1 fully saturated rings. The van der Waals surface area contributed by atoms with Gasteiger partial charge >= 0.3 is 0 Å². The number of alkyl halides is 1. The first kappa shape index (κ1) is 29.1. The fraction of sp³-hybridized carbons (Fsp3) is 0.314. The summed E-state index contributed by atoms with van der Waals surface area (Å²) in [4.78, 5) is 25.7. The maximum Gasteiger partial charge on any atom is 0.271 e. The van der Waals surface area contributed by atoms with E-state index in [0.29, 0.717) is 17.1 Å². The van der Waals surface area contributed by atoms with Gasteiger partial charge in [0.25, 0.3) is 10.9 Å². The summed E-state index contributed by atoms with van der Waals surface area (Å²) in [6.45, 7) is 4.22. The molecule has 0 radical (unpaired) electrons. The van der Waals surface area contributed by atoms with Crippen molar-refractivity contribution in [3.05, 3.63) is 114 Å². The van der Waals surface area contributed by atoms with Crippen LogP contribution in [0, 0.1) is 6.92 Å². The number of rotatable bonds is 9. The Labute approximate surface area is 255 Å². The Morgan fingerprint density at radius 2 is 1.81 bits per heavy atom. The maximum atomic E-state index is 12.6. The van der Waals surface area contributed by atoms with Gasteiger partial charge < -0.3 is 15.2 Å². The quantitative estimate of drug-likeness (QED) is 0.206. The molecule has 0 amide bonds. The summed E-state index contributed by atoms with van der Waals surface area (Å²) in [7, 11) is 0. The highest BCUT2D eigenvalue weighted by molar-refractivity contribution is 6.32. The van der Waals surface area contributed by atoms with Crippen LogP contribution in [-0.2, 0) is 6.42 Å². The molecule has 6 nitrogen and oxygen atoms in total. The Morgan fingerprint density at radius 1 is 1.02 bits per heavy atom. The van der Waals surface area contributed by atoms with E-state index in [1.807, 2.05) is 43.3 Å². The highest BCUT2D eigenvalue weighted by Gasteiger charge is 2.25. The van der Waals surface area contributed by atoms with E-state index in [-0.39, 0.29) is 18.5 Å². The lowest BCUT2D eigenvalue weighted by atomic mass is 9.87. The Balaban J connectivity index is 1.35. The summed E-state index contributed by atoms with van der Waals surface area (Å²) in [6, 6.07) is 20.2. The number of aryl methyl sites for hydroxylation is 2. The predicted octanol–water partition coefficient (Wildman–Crippen LogP) is 6.80. The first-order valence-corrected chi connectivity index (χ1v) is 15.2. The molecule has 0 aromatic heterocycles. The Bertz CT molecular complexity index is 1760. The Kier molecular flexibility index (Phi) is 8.37. The van der Waals surface area contributed by atoms with Gasteiger partial charge in [0.05, 0.1) is 6.67 Å². The van der Waals surface area contributed by atoms with E-state index in [9.17, 15) is 19.1 Å². The van der Waals surface area contributed by atoms with Crippen LogP contribution in [0.25, 0.3) is 11.1 Å². The van der Waals surface area contributed by atoms with Gasteiger partial charge in [0.15, 0.2) is 5.75 Å². The first-order chi connectivity index (χ1) is 20.8. The van der Waals surface area contributed by atoms with Gasteiger partial charge in [0, 0.05) is 30.3 Å². The van der Waals surface area contributed by atoms with E-state index < -0.39 is 16.6 Å². The molecule has 0 unspecified atom stereocenters. The minimum absolute atomic E-state index is 0.0650. The second kappa shape index (κ2) is 12.3. The van der Waals surface area contributed by atoms with Crippen molar-refractivity contribution in [1.82, 2.24) is 4.90 Å². The lowest BCUT2D eigenvalue weighted by Crippen LogP contribution is -2.32. The molecule has 1 aliphatic heterocycles. The number of ether oxygens (including phenoxy) is 1. The van der Waals surface area contributed by atoms with Crippen LogP contribution >= 0.6 is 11.6 Å². The third-order valence-corrected chi connectivity index (χ3v) is 8.75. The molecule has 8 heteroatoms. The summed E-state index contributed by atoms with van der Waals surface area (Å²) >= 11 is 6.83. The monoisotopic (exact) mass is 600 g/mol. The molecule has 2 N–H and O–H groups in total. The highest BCUT2D eigenvalue weighted by atomic mass is 35.5. The van der Waals surface area contributed by atoms with E-state index in [4.69, 9.17) is 16.3 Å².